The molecule has 0 saturated heterocycles. The van der Waals surface area contributed by atoms with Crippen LogP contribution in [0.1, 0.15) is 6.42 Å². The summed E-state index contributed by atoms with van der Waals surface area (Å²) >= 11 is 0. The molecule has 0 amide bonds. The number of hydrogen-bond acceptors (Lipinski definition) is 3. The van der Waals surface area contributed by atoms with Crippen LogP contribution in [0.2, 0.25) is 0 Å². The van der Waals surface area contributed by atoms with E-state index >= 15 is 0 Å². The zero-order valence-electron chi connectivity index (χ0n) is 6.08. The third kappa shape index (κ3) is 2.04. The summed E-state index contributed by atoms with van der Waals surface area (Å²) in [6, 6.07) is 0. The van der Waals surface area contributed by atoms with Gasteiger partial charge in [0.2, 0.25) is 0 Å². The Labute approximate surface area is 61.6 Å². The van der Waals surface area contributed by atoms with Gasteiger partial charge in [0, 0.05) is 19.5 Å². The van der Waals surface area contributed by atoms with Crippen LogP contribution in [0.5, 0.6) is 0 Å². The van der Waals surface area contributed by atoms with Crippen molar-refractivity contribution in [2.24, 2.45) is 0 Å². The Balaban J connectivity index is 2.33. The van der Waals surface area contributed by atoms with Crippen molar-refractivity contribution in [3.05, 3.63) is 11.8 Å². The van der Waals surface area contributed by atoms with Crippen molar-refractivity contribution >= 4 is 7.69 Å². The van der Waals surface area contributed by atoms with Gasteiger partial charge < -0.3 is 14.6 Å². The second-order valence-electron chi connectivity index (χ2n) is 2.41. The third-order valence-electron chi connectivity index (χ3n) is 1.57. The summed E-state index contributed by atoms with van der Waals surface area (Å²) in [6.45, 7) is 1.91. The van der Waals surface area contributed by atoms with Crippen molar-refractivity contribution < 1.29 is 9.68 Å². The summed E-state index contributed by atoms with van der Waals surface area (Å²) in [5, 5.41) is 8.28. The molecule has 0 aromatic carbocycles. The molecule has 0 aromatic rings. The molecule has 55 valence electrons. The number of likely N-dealkylation sites (N-methyl/N-ethyl adjacent to an activating group) is 1. The molecule has 0 aliphatic carbocycles. The molecule has 1 aliphatic rings. The zero-order chi connectivity index (χ0) is 7.40. The Bertz CT molecular complexity index is 138. The Morgan fingerprint density at radius 1 is 1.80 bits per heavy atom. The highest BCUT2D eigenvalue weighted by molar-refractivity contribution is 6.16. The van der Waals surface area contributed by atoms with E-state index in [2.05, 4.69) is 11.9 Å². The summed E-state index contributed by atoms with van der Waals surface area (Å²) < 4.78 is 4.80. The Morgan fingerprint density at radius 3 is 3.10 bits per heavy atom. The molecule has 0 unspecified atom stereocenters. The fourth-order valence-electron chi connectivity index (χ4n) is 0.927. The predicted molar refractivity (Wildman–Crippen MR) is 39.3 cm³/mol. The van der Waals surface area contributed by atoms with E-state index < -0.39 is 0 Å². The normalized spacial score (nSPS) is 20.0. The Kier molecular flexibility index (Phi) is 2.77. The maximum Gasteiger partial charge on any atom is 0.569 e. The summed E-state index contributed by atoms with van der Waals surface area (Å²) in [7, 11) is 2.78. The first-order valence-corrected chi connectivity index (χ1v) is 3.33. The van der Waals surface area contributed by atoms with E-state index in [0.717, 1.165) is 33.0 Å². The van der Waals surface area contributed by atoms with Crippen molar-refractivity contribution in [2.75, 3.05) is 20.1 Å². The minimum Gasteiger partial charge on any atom is -0.541 e. The maximum atomic E-state index is 8.28. The average molecular weight is 140 g/mol. The lowest BCUT2D eigenvalue weighted by Crippen LogP contribution is -2.25. The SMILES string of the molecule is CN1CC=C(O[B]O)CC1. The molecule has 1 rings (SSSR count). The van der Waals surface area contributed by atoms with Crippen molar-refractivity contribution in [1.29, 1.82) is 0 Å². The Morgan fingerprint density at radius 2 is 2.60 bits per heavy atom. The summed E-state index contributed by atoms with van der Waals surface area (Å²) in [5.41, 5.74) is 0. The van der Waals surface area contributed by atoms with Crippen molar-refractivity contribution in [2.45, 2.75) is 6.42 Å². The van der Waals surface area contributed by atoms with E-state index in [1.807, 2.05) is 6.08 Å². The first kappa shape index (κ1) is 7.63. The highest BCUT2D eigenvalue weighted by atomic mass is 16.5. The fourth-order valence-corrected chi connectivity index (χ4v) is 0.927. The van der Waals surface area contributed by atoms with Crippen molar-refractivity contribution in [3.8, 4) is 0 Å². The predicted octanol–water partition coefficient (Wildman–Crippen LogP) is -0.251. The molecule has 0 fully saturated rings. The molecule has 10 heavy (non-hydrogen) atoms. The van der Waals surface area contributed by atoms with Crippen molar-refractivity contribution in [1.82, 2.24) is 4.90 Å². The Hall–Kier alpha value is -0.475. The lowest BCUT2D eigenvalue weighted by Gasteiger charge is -2.21. The van der Waals surface area contributed by atoms with Gasteiger partial charge in [-0.05, 0) is 13.1 Å². The first-order valence-electron chi connectivity index (χ1n) is 3.33. The standard InChI is InChI=1S/C6H11BNO2/c1-8-4-2-6(3-5-8)10-7-9/h2,9H,3-5H2,1H3. The molecule has 1 radical (unpaired) electrons. The zero-order valence-corrected chi connectivity index (χ0v) is 6.08. The molecule has 0 atom stereocenters. The van der Waals surface area contributed by atoms with Gasteiger partial charge in [-0.1, -0.05) is 0 Å². The van der Waals surface area contributed by atoms with Gasteiger partial charge >= 0.3 is 7.69 Å². The molecule has 0 bridgehead atoms. The fraction of sp³-hybridized carbons (Fsp3) is 0.667. The summed E-state index contributed by atoms with van der Waals surface area (Å²) in [6.07, 6.45) is 2.85. The second-order valence-corrected chi connectivity index (χ2v) is 2.41. The number of rotatable bonds is 2. The maximum absolute atomic E-state index is 8.28. The lowest BCUT2D eigenvalue weighted by molar-refractivity contribution is 0.289. The molecule has 0 aromatic heterocycles. The topological polar surface area (TPSA) is 32.7 Å². The van der Waals surface area contributed by atoms with E-state index in [0.29, 0.717) is 0 Å². The van der Waals surface area contributed by atoms with Crippen LogP contribution in [0.25, 0.3) is 0 Å². The average Bonchev–Trinajstić information content (AvgIpc) is 1.95. The number of nitrogens with zero attached hydrogens (tertiary/aromatic N) is 1. The molecule has 1 aliphatic heterocycles. The monoisotopic (exact) mass is 140 g/mol. The van der Waals surface area contributed by atoms with Gasteiger partial charge in [-0.25, -0.2) is 0 Å². The van der Waals surface area contributed by atoms with E-state index in [4.69, 9.17) is 9.68 Å². The molecular weight excluding hydrogens is 129 g/mol. The first-order chi connectivity index (χ1) is 4.83. The van der Waals surface area contributed by atoms with E-state index in [1.165, 1.54) is 0 Å². The quantitative estimate of drug-likeness (QED) is 0.536. The van der Waals surface area contributed by atoms with Gasteiger partial charge in [-0.2, -0.15) is 0 Å². The lowest BCUT2D eigenvalue weighted by atomic mass is 10.2. The molecule has 4 heteroatoms. The highest BCUT2D eigenvalue weighted by Gasteiger charge is 2.07. The van der Waals surface area contributed by atoms with Gasteiger partial charge in [0.15, 0.2) is 0 Å². The van der Waals surface area contributed by atoms with Gasteiger partial charge in [-0.3, -0.25) is 0 Å². The number of hydrogen-bond donors (Lipinski definition) is 1. The van der Waals surface area contributed by atoms with Crippen LogP contribution in [-0.4, -0.2) is 37.7 Å². The van der Waals surface area contributed by atoms with E-state index in [-0.39, 0.29) is 0 Å². The van der Waals surface area contributed by atoms with Crippen LogP contribution >= 0.6 is 0 Å². The molecular formula is C6H11BNO2. The third-order valence-corrected chi connectivity index (χ3v) is 1.57. The summed E-state index contributed by atoms with van der Waals surface area (Å²) in [5.74, 6) is 0.862. The van der Waals surface area contributed by atoms with Crippen LogP contribution in [0.4, 0.5) is 0 Å². The molecule has 1 N–H and O–H groups in total. The molecule has 1 heterocycles. The van der Waals surface area contributed by atoms with Gasteiger partial charge in [0.1, 0.15) is 0 Å². The van der Waals surface area contributed by atoms with Gasteiger partial charge in [0.05, 0.1) is 5.76 Å². The molecule has 0 spiro atoms. The van der Waals surface area contributed by atoms with Crippen LogP contribution in [0.15, 0.2) is 11.8 Å². The highest BCUT2D eigenvalue weighted by Crippen LogP contribution is 2.08. The van der Waals surface area contributed by atoms with E-state index in [1.54, 1.807) is 0 Å². The van der Waals surface area contributed by atoms with Gasteiger partial charge in [0.25, 0.3) is 0 Å². The minimum atomic E-state index is 0.733. The molecule has 0 saturated carbocycles. The van der Waals surface area contributed by atoms with Gasteiger partial charge in [-0.15, -0.1) is 0 Å². The second kappa shape index (κ2) is 3.63. The van der Waals surface area contributed by atoms with Crippen LogP contribution in [0.3, 0.4) is 0 Å². The van der Waals surface area contributed by atoms with Crippen LogP contribution in [0, 0.1) is 0 Å². The molecule has 3 nitrogen and oxygen atoms in total. The van der Waals surface area contributed by atoms with Crippen LogP contribution < -0.4 is 0 Å². The largest absolute Gasteiger partial charge is 0.569 e. The van der Waals surface area contributed by atoms with E-state index in [9.17, 15) is 0 Å². The van der Waals surface area contributed by atoms with Crippen LogP contribution in [-0.2, 0) is 4.65 Å². The summed E-state index contributed by atoms with van der Waals surface area (Å²) in [4.78, 5) is 2.18. The smallest absolute Gasteiger partial charge is 0.541 e. The van der Waals surface area contributed by atoms with Crippen molar-refractivity contribution in [3.63, 3.8) is 0 Å². The minimum absolute atomic E-state index is 0.733.